The lowest BCUT2D eigenvalue weighted by atomic mass is 9.50. The number of carbonyl (C=O) groups is 2. The summed E-state index contributed by atoms with van der Waals surface area (Å²) in [5.74, 6) is -0.143. The lowest BCUT2D eigenvalue weighted by molar-refractivity contribution is -0.278. The first-order chi connectivity index (χ1) is 11.4. The normalized spacial score (nSPS) is 33.3. The number of hydrogen-bond acceptors (Lipinski definition) is 4. The molecule has 0 aromatic heterocycles. The van der Waals surface area contributed by atoms with Gasteiger partial charge in [-0.3, -0.25) is 9.59 Å². The van der Waals surface area contributed by atoms with Crippen molar-refractivity contribution in [3.8, 4) is 0 Å². The van der Waals surface area contributed by atoms with Crippen molar-refractivity contribution in [1.29, 1.82) is 0 Å². The van der Waals surface area contributed by atoms with Gasteiger partial charge in [0.1, 0.15) is 12.2 Å². The van der Waals surface area contributed by atoms with Crippen LogP contribution in [-0.2, 0) is 19.1 Å². The van der Waals surface area contributed by atoms with Crippen molar-refractivity contribution in [2.24, 2.45) is 28.1 Å². The number of rotatable bonds is 5. The van der Waals surface area contributed by atoms with Crippen LogP contribution in [0.1, 0.15) is 81.1 Å². The van der Waals surface area contributed by atoms with E-state index in [4.69, 9.17) is 9.47 Å². The summed E-state index contributed by atoms with van der Waals surface area (Å²) in [6, 6.07) is 0. The smallest absolute Gasteiger partial charge is 0.309 e. The van der Waals surface area contributed by atoms with Gasteiger partial charge in [0.25, 0.3) is 0 Å². The summed E-state index contributed by atoms with van der Waals surface area (Å²) in [7, 11) is 0. The first kappa shape index (κ1) is 20.3. The molecule has 0 N–H and O–H groups in total. The van der Waals surface area contributed by atoms with E-state index in [2.05, 4.69) is 55.4 Å². The molecule has 5 unspecified atom stereocenters. The highest BCUT2D eigenvalue weighted by molar-refractivity contribution is 5.76. The van der Waals surface area contributed by atoms with Crippen LogP contribution in [0.2, 0.25) is 0 Å². The van der Waals surface area contributed by atoms with Gasteiger partial charge in [0.05, 0.1) is 12.3 Å². The zero-order chi connectivity index (χ0) is 19.2. The maximum absolute atomic E-state index is 13.1. The van der Waals surface area contributed by atoms with E-state index in [0.717, 1.165) is 19.3 Å². The summed E-state index contributed by atoms with van der Waals surface area (Å²) >= 11 is 0. The van der Waals surface area contributed by atoms with Crippen LogP contribution >= 0.6 is 0 Å². The summed E-state index contributed by atoms with van der Waals surface area (Å²) in [4.78, 5) is 25.0. The third kappa shape index (κ3) is 3.73. The topological polar surface area (TPSA) is 52.6 Å². The Bertz CT molecular complexity index is 525. The molecular formula is C21H36O4. The quantitative estimate of drug-likeness (QED) is 0.670. The SMILES string of the molecule is CCC1C2OC(=O)CC1(CC)C2OC(=O)C(CC(C)(C)C)C(C)(C)C. The second kappa shape index (κ2) is 6.59. The Morgan fingerprint density at radius 1 is 1.24 bits per heavy atom. The predicted molar refractivity (Wildman–Crippen MR) is 97.9 cm³/mol. The number of fused-ring (bicyclic) bond motifs is 2. The van der Waals surface area contributed by atoms with E-state index >= 15 is 0 Å². The van der Waals surface area contributed by atoms with Gasteiger partial charge in [0.15, 0.2) is 0 Å². The van der Waals surface area contributed by atoms with Crippen molar-refractivity contribution in [3.05, 3.63) is 0 Å². The Hall–Kier alpha value is -1.06. The highest BCUT2D eigenvalue weighted by Crippen LogP contribution is 2.59. The standard InChI is InChI=1S/C21H36O4/c1-9-13-16-17(21(13,10-2)12-15(22)24-16)25-18(23)14(20(6,7)8)11-19(3,4)5/h13-14,16-17H,9-12H2,1-8H3. The fraction of sp³-hybridized carbons (Fsp3) is 0.905. The van der Waals surface area contributed by atoms with Crippen LogP contribution in [0.5, 0.6) is 0 Å². The van der Waals surface area contributed by atoms with E-state index in [0.29, 0.717) is 12.3 Å². The molecule has 2 heterocycles. The van der Waals surface area contributed by atoms with Crippen molar-refractivity contribution < 1.29 is 19.1 Å². The van der Waals surface area contributed by atoms with Crippen LogP contribution in [0.4, 0.5) is 0 Å². The van der Waals surface area contributed by atoms with Crippen molar-refractivity contribution in [3.63, 3.8) is 0 Å². The zero-order valence-electron chi connectivity index (χ0n) is 17.3. The van der Waals surface area contributed by atoms with E-state index < -0.39 is 0 Å². The van der Waals surface area contributed by atoms with E-state index in [1.165, 1.54) is 0 Å². The van der Waals surface area contributed by atoms with Gasteiger partial charge in [-0.25, -0.2) is 0 Å². The molecule has 3 fully saturated rings. The summed E-state index contributed by atoms with van der Waals surface area (Å²) in [6.45, 7) is 17.0. The first-order valence-electron chi connectivity index (χ1n) is 9.75. The van der Waals surface area contributed by atoms with Gasteiger partial charge in [-0.1, -0.05) is 55.4 Å². The molecule has 25 heavy (non-hydrogen) atoms. The van der Waals surface area contributed by atoms with Gasteiger partial charge < -0.3 is 9.47 Å². The average molecular weight is 353 g/mol. The average Bonchev–Trinajstić information content (AvgIpc) is 2.47. The zero-order valence-corrected chi connectivity index (χ0v) is 17.3. The van der Waals surface area contributed by atoms with Crippen LogP contribution in [0.15, 0.2) is 0 Å². The summed E-state index contributed by atoms with van der Waals surface area (Å²) < 4.78 is 11.6. The van der Waals surface area contributed by atoms with Gasteiger partial charge in [-0.05, 0) is 30.1 Å². The Morgan fingerprint density at radius 3 is 2.28 bits per heavy atom. The second-order valence-electron chi connectivity index (χ2n) is 10.3. The van der Waals surface area contributed by atoms with Crippen molar-refractivity contribution in [1.82, 2.24) is 0 Å². The number of hydrogen-bond donors (Lipinski definition) is 0. The molecule has 2 bridgehead atoms. The van der Waals surface area contributed by atoms with E-state index in [9.17, 15) is 9.59 Å². The van der Waals surface area contributed by atoms with E-state index in [-0.39, 0.29) is 46.3 Å². The second-order valence-corrected chi connectivity index (χ2v) is 10.3. The Balaban J connectivity index is 2.19. The minimum Gasteiger partial charge on any atom is -0.458 e. The van der Waals surface area contributed by atoms with Crippen molar-refractivity contribution >= 4 is 11.9 Å². The summed E-state index contributed by atoms with van der Waals surface area (Å²) in [5, 5.41) is 0. The lowest BCUT2D eigenvalue weighted by Gasteiger charge is -2.62. The molecule has 0 aromatic rings. The predicted octanol–water partition coefficient (Wildman–Crippen LogP) is 4.75. The van der Waals surface area contributed by atoms with Crippen LogP contribution in [0.3, 0.4) is 0 Å². The monoisotopic (exact) mass is 352 g/mol. The van der Waals surface area contributed by atoms with Gasteiger partial charge in [-0.2, -0.15) is 0 Å². The Labute approximate surface area is 153 Å². The molecule has 3 aliphatic rings. The van der Waals surface area contributed by atoms with Gasteiger partial charge >= 0.3 is 11.9 Å². The highest BCUT2D eigenvalue weighted by Gasteiger charge is 2.68. The lowest BCUT2D eigenvalue weighted by Crippen LogP contribution is -2.71. The fourth-order valence-corrected chi connectivity index (χ4v) is 4.77. The van der Waals surface area contributed by atoms with Gasteiger partial charge in [0, 0.05) is 11.3 Å². The van der Waals surface area contributed by atoms with Crippen molar-refractivity contribution in [2.45, 2.75) is 93.3 Å². The van der Waals surface area contributed by atoms with Gasteiger partial charge in [-0.15, -0.1) is 0 Å². The molecule has 1 saturated carbocycles. The molecule has 4 heteroatoms. The molecular weight excluding hydrogens is 316 g/mol. The Kier molecular flexibility index (Phi) is 5.34. The number of esters is 2. The maximum atomic E-state index is 13.1. The van der Waals surface area contributed by atoms with Crippen molar-refractivity contribution in [2.75, 3.05) is 0 Å². The molecule has 2 aliphatic heterocycles. The number of ether oxygens (including phenoxy) is 2. The van der Waals surface area contributed by atoms with E-state index in [1.54, 1.807) is 0 Å². The van der Waals surface area contributed by atoms with Crippen LogP contribution in [0, 0.1) is 28.1 Å². The largest absolute Gasteiger partial charge is 0.458 e. The maximum Gasteiger partial charge on any atom is 0.309 e. The third-order valence-electron chi connectivity index (χ3n) is 6.23. The molecule has 144 valence electrons. The highest BCUT2D eigenvalue weighted by atomic mass is 16.6. The Morgan fingerprint density at radius 2 is 1.84 bits per heavy atom. The molecule has 4 nitrogen and oxygen atoms in total. The number of carbonyl (C=O) groups excluding carboxylic acids is 2. The van der Waals surface area contributed by atoms with Crippen LogP contribution in [0.25, 0.3) is 0 Å². The van der Waals surface area contributed by atoms with Gasteiger partial charge in [0.2, 0.25) is 0 Å². The first-order valence-corrected chi connectivity index (χ1v) is 9.75. The van der Waals surface area contributed by atoms with E-state index in [1.807, 2.05) is 0 Å². The summed E-state index contributed by atoms with van der Waals surface area (Å²) in [6.07, 6.45) is 2.40. The molecule has 3 rings (SSSR count). The molecule has 0 radical (unpaired) electrons. The molecule has 0 spiro atoms. The fourth-order valence-electron chi connectivity index (χ4n) is 4.77. The van der Waals surface area contributed by atoms with Crippen LogP contribution in [-0.4, -0.2) is 24.1 Å². The minimum atomic E-state index is -0.280. The molecule has 5 atom stereocenters. The molecule has 0 amide bonds. The molecule has 1 aliphatic carbocycles. The summed E-state index contributed by atoms with van der Waals surface area (Å²) in [5.41, 5.74) is -0.342. The molecule has 0 aromatic carbocycles. The molecule has 2 saturated heterocycles. The minimum absolute atomic E-state index is 0.0489. The van der Waals surface area contributed by atoms with Crippen LogP contribution < -0.4 is 0 Å². The third-order valence-corrected chi connectivity index (χ3v) is 6.23.